The molecule has 0 saturated carbocycles. The Morgan fingerprint density at radius 2 is 1.76 bits per heavy atom. The minimum Gasteiger partial charge on any atom is -0.347 e. The molecular weight excluding hydrogens is 380 g/mol. The Labute approximate surface area is 165 Å². The van der Waals surface area contributed by atoms with Crippen LogP contribution in [-0.4, -0.2) is 39.1 Å². The maximum Gasteiger partial charge on any atom is 0.274 e. The number of amides is 2. The van der Waals surface area contributed by atoms with Crippen LogP contribution in [0.15, 0.2) is 42.5 Å². The standard InChI is InChI=1S/C19H18N4O6/c1-12-15(6-4-8-16(12)22(26)27)19(25)20-14-9-18(24)21(11-14)10-13-5-2-3-7-17(13)23(28)29/h2-8,14H,9-11H2,1H3,(H,20,25). The Kier molecular flexibility index (Phi) is 5.53. The summed E-state index contributed by atoms with van der Waals surface area (Å²) in [6, 6.07) is 9.92. The predicted molar refractivity (Wildman–Crippen MR) is 102 cm³/mol. The van der Waals surface area contributed by atoms with Gasteiger partial charge in [0, 0.05) is 41.8 Å². The highest BCUT2D eigenvalue weighted by Crippen LogP contribution is 2.24. The van der Waals surface area contributed by atoms with E-state index in [1.54, 1.807) is 18.2 Å². The second-order valence-electron chi connectivity index (χ2n) is 6.74. The number of nitrogens with one attached hydrogen (secondary N) is 1. The van der Waals surface area contributed by atoms with E-state index in [4.69, 9.17) is 0 Å². The average Bonchev–Trinajstić information content (AvgIpc) is 3.00. The zero-order valence-corrected chi connectivity index (χ0v) is 15.5. The number of para-hydroxylation sites is 1. The first kappa shape index (κ1) is 19.9. The normalized spacial score (nSPS) is 16.0. The first-order valence-corrected chi connectivity index (χ1v) is 8.83. The highest BCUT2D eigenvalue weighted by molar-refractivity contribution is 5.97. The van der Waals surface area contributed by atoms with Gasteiger partial charge >= 0.3 is 0 Å². The Bertz CT molecular complexity index is 1010. The molecule has 1 N–H and O–H groups in total. The van der Waals surface area contributed by atoms with E-state index >= 15 is 0 Å². The summed E-state index contributed by atoms with van der Waals surface area (Å²) in [6.45, 7) is 1.76. The number of nitro benzene ring substituents is 2. The van der Waals surface area contributed by atoms with E-state index in [0.29, 0.717) is 5.56 Å². The van der Waals surface area contributed by atoms with Crippen molar-refractivity contribution in [1.29, 1.82) is 0 Å². The quantitative estimate of drug-likeness (QED) is 0.586. The molecule has 0 aliphatic carbocycles. The summed E-state index contributed by atoms with van der Waals surface area (Å²) < 4.78 is 0. The van der Waals surface area contributed by atoms with E-state index in [1.807, 2.05) is 0 Å². The molecule has 0 aromatic heterocycles. The van der Waals surface area contributed by atoms with E-state index < -0.39 is 21.8 Å². The highest BCUT2D eigenvalue weighted by atomic mass is 16.6. The van der Waals surface area contributed by atoms with Gasteiger partial charge in [0.15, 0.2) is 0 Å². The van der Waals surface area contributed by atoms with Gasteiger partial charge in [-0.15, -0.1) is 0 Å². The molecule has 1 fully saturated rings. The predicted octanol–water partition coefficient (Wildman–Crippen LogP) is 2.34. The molecule has 10 nitrogen and oxygen atoms in total. The topological polar surface area (TPSA) is 136 Å². The van der Waals surface area contributed by atoms with E-state index in [0.717, 1.165) is 0 Å². The molecule has 0 spiro atoms. The van der Waals surface area contributed by atoms with E-state index in [2.05, 4.69) is 5.32 Å². The number of carbonyl (C=O) groups excluding carboxylic acids is 2. The Hall–Kier alpha value is -3.82. The molecule has 1 aliphatic heterocycles. The van der Waals surface area contributed by atoms with Crippen molar-refractivity contribution < 1.29 is 19.4 Å². The Morgan fingerprint density at radius 1 is 1.10 bits per heavy atom. The number of nitro groups is 2. The lowest BCUT2D eigenvalue weighted by Crippen LogP contribution is -2.37. The Morgan fingerprint density at radius 3 is 2.45 bits per heavy atom. The summed E-state index contributed by atoms with van der Waals surface area (Å²) in [5.74, 6) is -0.735. The van der Waals surface area contributed by atoms with Crippen LogP contribution in [0.3, 0.4) is 0 Å². The molecule has 10 heteroatoms. The first-order valence-electron chi connectivity index (χ1n) is 8.83. The molecule has 150 valence electrons. The van der Waals surface area contributed by atoms with Crippen LogP contribution in [0.4, 0.5) is 11.4 Å². The van der Waals surface area contributed by atoms with Crippen LogP contribution < -0.4 is 5.32 Å². The summed E-state index contributed by atoms with van der Waals surface area (Å²) in [5, 5.41) is 24.9. The Balaban J connectivity index is 1.70. The maximum atomic E-state index is 12.6. The zero-order chi connectivity index (χ0) is 21.1. The second kappa shape index (κ2) is 8.05. The van der Waals surface area contributed by atoms with Gasteiger partial charge in [0.05, 0.1) is 22.4 Å². The van der Waals surface area contributed by atoms with Crippen molar-refractivity contribution in [3.63, 3.8) is 0 Å². The minimum absolute atomic E-state index is 0.0559. The van der Waals surface area contributed by atoms with Gasteiger partial charge in [-0.05, 0) is 13.0 Å². The number of hydrogen-bond donors (Lipinski definition) is 1. The van der Waals surface area contributed by atoms with Gasteiger partial charge in [-0.25, -0.2) is 0 Å². The molecule has 1 aliphatic rings. The van der Waals surface area contributed by atoms with Crippen LogP contribution in [0.1, 0.15) is 27.9 Å². The molecule has 1 atom stereocenters. The van der Waals surface area contributed by atoms with Gasteiger partial charge in [0.1, 0.15) is 0 Å². The monoisotopic (exact) mass is 398 g/mol. The molecule has 1 saturated heterocycles. The summed E-state index contributed by atoms with van der Waals surface area (Å²) in [5.41, 5.74) is 0.602. The fourth-order valence-corrected chi connectivity index (χ4v) is 3.38. The lowest BCUT2D eigenvalue weighted by atomic mass is 10.1. The van der Waals surface area contributed by atoms with Crippen LogP contribution in [0.25, 0.3) is 0 Å². The van der Waals surface area contributed by atoms with Gasteiger partial charge in [0.25, 0.3) is 17.3 Å². The van der Waals surface area contributed by atoms with Crippen LogP contribution in [0.2, 0.25) is 0 Å². The summed E-state index contributed by atoms with van der Waals surface area (Å²) in [6.07, 6.45) is 0.0559. The van der Waals surface area contributed by atoms with E-state index in [1.165, 1.54) is 36.1 Å². The van der Waals surface area contributed by atoms with Crippen molar-refractivity contribution in [2.75, 3.05) is 6.54 Å². The number of likely N-dealkylation sites (tertiary alicyclic amines) is 1. The molecule has 2 amide bonds. The van der Waals surface area contributed by atoms with Gasteiger partial charge < -0.3 is 10.2 Å². The van der Waals surface area contributed by atoms with E-state index in [-0.39, 0.29) is 47.9 Å². The van der Waals surface area contributed by atoms with Crippen LogP contribution in [0.5, 0.6) is 0 Å². The minimum atomic E-state index is -0.556. The molecule has 29 heavy (non-hydrogen) atoms. The number of hydrogen-bond acceptors (Lipinski definition) is 6. The third-order valence-electron chi connectivity index (χ3n) is 4.85. The molecule has 2 aromatic rings. The van der Waals surface area contributed by atoms with Crippen LogP contribution >= 0.6 is 0 Å². The molecule has 2 aromatic carbocycles. The first-order chi connectivity index (χ1) is 13.8. The lowest BCUT2D eigenvalue weighted by molar-refractivity contribution is -0.385. The number of nitrogens with zero attached hydrogens (tertiary/aromatic N) is 3. The maximum absolute atomic E-state index is 12.6. The molecule has 1 heterocycles. The average molecular weight is 398 g/mol. The third-order valence-corrected chi connectivity index (χ3v) is 4.85. The highest BCUT2D eigenvalue weighted by Gasteiger charge is 2.32. The smallest absolute Gasteiger partial charge is 0.274 e. The van der Waals surface area contributed by atoms with Crippen molar-refractivity contribution in [2.45, 2.75) is 25.9 Å². The van der Waals surface area contributed by atoms with Crippen molar-refractivity contribution in [3.8, 4) is 0 Å². The van der Waals surface area contributed by atoms with E-state index in [9.17, 15) is 29.8 Å². The van der Waals surface area contributed by atoms with Gasteiger partial charge in [0.2, 0.25) is 5.91 Å². The summed E-state index contributed by atoms with van der Waals surface area (Å²) in [7, 11) is 0. The second-order valence-corrected chi connectivity index (χ2v) is 6.74. The molecular formula is C19H18N4O6. The SMILES string of the molecule is Cc1c(C(=O)NC2CC(=O)N(Cc3ccccc3[N+](=O)[O-])C2)cccc1[N+](=O)[O-]. The van der Waals surface area contributed by atoms with Gasteiger partial charge in [-0.3, -0.25) is 29.8 Å². The molecule has 1 unspecified atom stereocenters. The molecule has 0 bridgehead atoms. The van der Waals surface area contributed by atoms with Crippen LogP contribution in [-0.2, 0) is 11.3 Å². The summed E-state index contributed by atoms with van der Waals surface area (Å²) in [4.78, 5) is 47.5. The fourth-order valence-electron chi connectivity index (χ4n) is 3.38. The molecule has 3 rings (SSSR count). The van der Waals surface area contributed by atoms with Crippen molar-refractivity contribution >= 4 is 23.2 Å². The zero-order valence-electron chi connectivity index (χ0n) is 15.5. The van der Waals surface area contributed by atoms with Gasteiger partial charge in [-0.1, -0.05) is 24.3 Å². The van der Waals surface area contributed by atoms with Crippen LogP contribution in [0, 0.1) is 27.2 Å². The largest absolute Gasteiger partial charge is 0.347 e. The van der Waals surface area contributed by atoms with Crippen molar-refractivity contribution in [3.05, 3.63) is 79.4 Å². The number of benzene rings is 2. The van der Waals surface area contributed by atoms with Crippen molar-refractivity contribution in [1.82, 2.24) is 10.2 Å². The lowest BCUT2D eigenvalue weighted by Gasteiger charge is -2.17. The summed E-state index contributed by atoms with van der Waals surface area (Å²) >= 11 is 0. The third kappa shape index (κ3) is 4.21. The number of rotatable bonds is 6. The van der Waals surface area contributed by atoms with Gasteiger partial charge in [-0.2, -0.15) is 0 Å². The number of carbonyl (C=O) groups is 2. The van der Waals surface area contributed by atoms with Crippen molar-refractivity contribution in [2.24, 2.45) is 0 Å². The fraction of sp³-hybridized carbons (Fsp3) is 0.263. The molecule has 0 radical (unpaired) electrons.